The zero-order valence-corrected chi connectivity index (χ0v) is 11.4. The van der Waals surface area contributed by atoms with Crippen LogP contribution in [0.4, 0.5) is 0 Å². The molecule has 3 atom stereocenters. The lowest BCUT2D eigenvalue weighted by molar-refractivity contribution is -0.122. The second-order valence-corrected chi connectivity index (χ2v) is 5.99. The number of hydrogen-bond acceptors (Lipinski definition) is 3. The van der Waals surface area contributed by atoms with Crippen molar-refractivity contribution in [3.05, 3.63) is 0 Å². The normalized spacial score (nSPS) is 27.4. The van der Waals surface area contributed by atoms with Crippen LogP contribution in [0.3, 0.4) is 0 Å². The monoisotopic (exact) mass is 244 g/mol. The largest absolute Gasteiger partial charge is 0.355 e. The minimum Gasteiger partial charge on any atom is -0.355 e. The molecule has 1 aliphatic rings. The molecule has 0 aromatic rings. The molecule has 1 saturated heterocycles. The molecule has 0 saturated carbocycles. The first-order chi connectivity index (χ1) is 7.65. The van der Waals surface area contributed by atoms with Gasteiger partial charge in [0, 0.05) is 17.8 Å². The minimum atomic E-state index is -0.0716. The number of rotatable bonds is 5. The van der Waals surface area contributed by atoms with E-state index >= 15 is 0 Å². The average Bonchev–Trinajstić information content (AvgIpc) is 2.28. The third-order valence-corrected chi connectivity index (χ3v) is 4.39. The van der Waals surface area contributed by atoms with Crippen LogP contribution in [0.1, 0.15) is 40.0 Å². The standard InChI is InChI=1S/C12H24N2OS/c1-4-7-13-12(15)9(2)14-11-6-5-8-16-10(11)3/h9-11,14H,4-8H2,1-3H3,(H,13,15). The van der Waals surface area contributed by atoms with Crippen molar-refractivity contribution in [2.75, 3.05) is 12.3 Å². The Kier molecular flexibility index (Phi) is 6.21. The molecule has 3 unspecified atom stereocenters. The maximum absolute atomic E-state index is 11.7. The Morgan fingerprint density at radius 2 is 2.31 bits per heavy atom. The Balaban J connectivity index is 2.31. The summed E-state index contributed by atoms with van der Waals surface area (Å²) in [4.78, 5) is 11.7. The molecule has 16 heavy (non-hydrogen) atoms. The summed E-state index contributed by atoms with van der Waals surface area (Å²) in [5.74, 6) is 1.39. The molecule has 2 N–H and O–H groups in total. The summed E-state index contributed by atoms with van der Waals surface area (Å²) in [5.41, 5.74) is 0. The van der Waals surface area contributed by atoms with Gasteiger partial charge in [0.25, 0.3) is 0 Å². The summed E-state index contributed by atoms with van der Waals surface area (Å²) in [7, 11) is 0. The number of amides is 1. The highest BCUT2D eigenvalue weighted by Gasteiger charge is 2.24. The van der Waals surface area contributed by atoms with E-state index in [-0.39, 0.29) is 11.9 Å². The predicted octanol–water partition coefficient (Wildman–Crippen LogP) is 1.77. The van der Waals surface area contributed by atoms with Crippen molar-refractivity contribution in [1.29, 1.82) is 0 Å². The SMILES string of the molecule is CCCNC(=O)C(C)NC1CCCSC1C. The third-order valence-electron chi connectivity index (χ3n) is 3.01. The first-order valence-electron chi connectivity index (χ1n) is 6.30. The number of carbonyl (C=O) groups excluding carboxylic acids is 1. The lowest BCUT2D eigenvalue weighted by Crippen LogP contribution is -2.50. The van der Waals surface area contributed by atoms with Gasteiger partial charge < -0.3 is 10.6 Å². The molecule has 3 nitrogen and oxygen atoms in total. The van der Waals surface area contributed by atoms with Crippen LogP contribution in [0.15, 0.2) is 0 Å². The van der Waals surface area contributed by atoms with Crippen LogP contribution in [-0.4, -0.2) is 35.5 Å². The van der Waals surface area contributed by atoms with E-state index in [2.05, 4.69) is 24.5 Å². The molecule has 1 fully saturated rings. The smallest absolute Gasteiger partial charge is 0.236 e. The molecular formula is C12H24N2OS. The molecule has 1 amide bonds. The number of hydrogen-bond donors (Lipinski definition) is 2. The first kappa shape index (κ1) is 13.8. The highest BCUT2D eigenvalue weighted by molar-refractivity contribution is 7.99. The summed E-state index contributed by atoms with van der Waals surface area (Å²) >= 11 is 2.00. The van der Waals surface area contributed by atoms with Crippen molar-refractivity contribution in [3.63, 3.8) is 0 Å². The second-order valence-electron chi connectivity index (χ2n) is 4.50. The summed E-state index contributed by atoms with van der Waals surface area (Å²) in [5, 5.41) is 6.99. The minimum absolute atomic E-state index is 0.0716. The molecule has 1 rings (SSSR count). The third kappa shape index (κ3) is 4.34. The quantitative estimate of drug-likeness (QED) is 0.774. The Morgan fingerprint density at radius 3 is 2.94 bits per heavy atom. The molecule has 0 aromatic carbocycles. The van der Waals surface area contributed by atoms with Crippen LogP contribution in [-0.2, 0) is 4.79 Å². The van der Waals surface area contributed by atoms with Gasteiger partial charge in [-0.1, -0.05) is 13.8 Å². The molecule has 4 heteroatoms. The fourth-order valence-electron chi connectivity index (χ4n) is 1.94. The molecule has 0 bridgehead atoms. The Labute approximate surface area is 103 Å². The molecule has 1 heterocycles. The lowest BCUT2D eigenvalue weighted by Gasteiger charge is -2.31. The van der Waals surface area contributed by atoms with E-state index < -0.39 is 0 Å². The van der Waals surface area contributed by atoms with Crippen molar-refractivity contribution in [2.45, 2.75) is 57.4 Å². The summed E-state index contributed by atoms with van der Waals surface area (Å²) < 4.78 is 0. The van der Waals surface area contributed by atoms with E-state index in [9.17, 15) is 4.79 Å². The van der Waals surface area contributed by atoms with Crippen LogP contribution < -0.4 is 10.6 Å². The maximum Gasteiger partial charge on any atom is 0.236 e. The Bertz CT molecular complexity index is 223. The van der Waals surface area contributed by atoms with Crippen LogP contribution in [0.25, 0.3) is 0 Å². The van der Waals surface area contributed by atoms with E-state index in [0.717, 1.165) is 13.0 Å². The molecule has 1 aliphatic heterocycles. The lowest BCUT2D eigenvalue weighted by atomic mass is 10.1. The number of carbonyl (C=O) groups is 1. The van der Waals surface area contributed by atoms with Gasteiger partial charge in [0.05, 0.1) is 6.04 Å². The van der Waals surface area contributed by atoms with Gasteiger partial charge in [-0.15, -0.1) is 0 Å². The number of nitrogens with one attached hydrogen (secondary N) is 2. The molecular weight excluding hydrogens is 220 g/mol. The van der Waals surface area contributed by atoms with Crippen molar-refractivity contribution >= 4 is 17.7 Å². The second kappa shape index (κ2) is 7.17. The van der Waals surface area contributed by atoms with Gasteiger partial charge in [-0.25, -0.2) is 0 Å². The summed E-state index contributed by atoms with van der Waals surface area (Å²) in [6.45, 7) is 7.05. The highest BCUT2D eigenvalue weighted by atomic mass is 32.2. The Hall–Kier alpha value is -0.220. The van der Waals surface area contributed by atoms with Gasteiger partial charge in [0.2, 0.25) is 5.91 Å². The number of thioether (sulfide) groups is 1. The highest BCUT2D eigenvalue weighted by Crippen LogP contribution is 2.25. The van der Waals surface area contributed by atoms with E-state index in [1.807, 2.05) is 18.7 Å². The molecule has 0 aliphatic carbocycles. The van der Waals surface area contributed by atoms with Crippen LogP contribution in [0.2, 0.25) is 0 Å². The topological polar surface area (TPSA) is 41.1 Å². The summed E-state index contributed by atoms with van der Waals surface area (Å²) in [6.07, 6.45) is 3.45. The van der Waals surface area contributed by atoms with Gasteiger partial charge >= 0.3 is 0 Å². The fraction of sp³-hybridized carbons (Fsp3) is 0.917. The fourth-order valence-corrected chi connectivity index (χ4v) is 3.09. The van der Waals surface area contributed by atoms with Crippen LogP contribution >= 0.6 is 11.8 Å². The van der Waals surface area contributed by atoms with E-state index in [1.165, 1.54) is 18.6 Å². The van der Waals surface area contributed by atoms with Crippen molar-refractivity contribution in [1.82, 2.24) is 10.6 Å². The molecule has 0 spiro atoms. The van der Waals surface area contributed by atoms with Crippen molar-refractivity contribution < 1.29 is 4.79 Å². The average molecular weight is 244 g/mol. The molecule has 0 aromatic heterocycles. The van der Waals surface area contributed by atoms with E-state index in [4.69, 9.17) is 0 Å². The zero-order chi connectivity index (χ0) is 12.0. The van der Waals surface area contributed by atoms with Crippen molar-refractivity contribution in [2.24, 2.45) is 0 Å². The van der Waals surface area contributed by atoms with Crippen LogP contribution in [0, 0.1) is 0 Å². The van der Waals surface area contributed by atoms with Crippen LogP contribution in [0.5, 0.6) is 0 Å². The van der Waals surface area contributed by atoms with Gasteiger partial charge in [-0.05, 0) is 31.9 Å². The van der Waals surface area contributed by atoms with Crippen molar-refractivity contribution in [3.8, 4) is 0 Å². The van der Waals surface area contributed by atoms with E-state index in [0.29, 0.717) is 11.3 Å². The van der Waals surface area contributed by atoms with Gasteiger partial charge in [-0.3, -0.25) is 4.79 Å². The molecule has 94 valence electrons. The Morgan fingerprint density at radius 1 is 1.56 bits per heavy atom. The molecule has 0 radical (unpaired) electrons. The predicted molar refractivity (Wildman–Crippen MR) is 70.8 cm³/mol. The van der Waals surface area contributed by atoms with Gasteiger partial charge in [0.1, 0.15) is 0 Å². The van der Waals surface area contributed by atoms with Gasteiger partial charge in [-0.2, -0.15) is 11.8 Å². The zero-order valence-electron chi connectivity index (χ0n) is 10.6. The van der Waals surface area contributed by atoms with Gasteiger partial charge in [0.15, 0.2) is 0 Å². The first-order valence-corrected chi connectivity index (χ1v) is 7.35. The summed E-state index contributed by atoms with van der Waals surface area (Å²) in [6, 6.07) is 0.416. The van der Waals surface area contributed by atoms with E-state index in [1.54, 1.807) is 0 Å². The maximum atomic E-state index is 11.7.